The monoisotopic (exact) mass is 422 g/mol. The number of hydrogen-bond acceptors (Lipinski definition) is 1. The van der Waals surface area contributed by atoms with Gasteiger partial charge in [-0.1, -0.05) is 67.8 Å². The lowest BCUT2D eigenvalue weighted by molar-refractivity contribution is 0.107. The smallest absolute Gasteiger partial charge is 0.0540 e. The summed E-state index contributed by atoms with van der Waals surface area (Å²) in [6.07, 6.45) is 22.5. The lowest BCUT2D eigenvalue weighted by Crippen LogP contribution is -2.22. The second-order valence-corrected chi connectivity index (χ2v) is 10.7. The molecule has 0 bridgehead atoms. The molecule has 31 heavy (non-hydrogen) atoms. The summed E-state index contributed by atoms with van der Waals surface area (Å²) in [7, 11) is 0. The summed E-state index contributed by atoms with van der Waals surface area (Å²) >= 11 is 0. The number of benzene rings is 1. The molecule has 0 aromatic heterocycles. The fraction of sp³-hybridized carbons (Fsp3) is 0.667. The van der Waals surface area contributed by atoms with Gasteiger partial charge in [-0.05, 0) is 100 Å². The first-order valence-corrected chi connectivity index (χ1v) is 13.1. The van der Waals surface area contributed by atoms with E-state index in [9.17, 15) is 5.11 Å². The molecule has 0 saturated heterocycles. The zero-order valence-corrected chi connectivity index (χ0v) is 20.1. The summed E-state index contributed by atoms with van der Waals surface area (Å²) in [5.41, 5.74) is 2.87. The normalized spacial score (nSPS) is 33.3. The Morgan fingerprint density at radius 1 is 0.871 bits per heavy atom. The lowest BCUT2D eigenvalue weighted by atomic mass is 9.71. The molecule has 1 aromatic carbocycles. The minimum Gasteiger partial charge on any atom is -0.393 e. The fourth-order valence-corrected chi connectivity index (χ4v) is 5.83. The van der Waals surface area contributed by atoms with Crippen molar-refractivity contribution in [3.05, 3.63) is 60.2 Å². The molecule has 0 heterocycles. The Labute approximate surface area is 192 Å². The van der Waals surface area contributed by atoms with Crippen molar-refractivity contribution in [3.8, 4) is 0 Å². The number of aliphatic hydroxyl groups is 1. The van der Waals surface area contributed by atoms with Crippen LogP contribution in [0.4, 0.5) is 0 Å². The zero-order valence-electron chi connectivity index (χ0n) is 20.1. The van der Waals surface area contributed by atoms with Gasteiger partial charge in [-0.2, -0.15) is 0 Å². The predicted molar refractivity (Wildman–Crippen MR) is 134 cm³/mol. The summed E-state index contributed by atoms with van der Waals surface area (Å²) in [5.74, 6) is 4.33. The number of rotatable bonds is 5. The van der Waals surface area contributed by atoms with Crippen molar-refractivity contribution in [1.82, 2.24) is 0 Å². The second-order valence-electron chi connectivity index (χ2n) is 10.7. The number of aliphatic hydroxyl groups excluding tert-OH is 1. The van der Waals surface area contributed by atoms with E-state index in [4.69, 9.17) is 0 Å². The standard InChI is InChI=1S/C20H28.C10H18O/c1-15-3-7-17(8-4-15)19-11-13-20(14-12-19)18-9-5-16(2)6-10-18;1-2-3-4-9-5-7-10(11)8-6-9/h3-4,7-8,11,13,16,18-20H,5-6,9-10,12,14H2,1-2H3;2,9-11H,1,3-8H2. The van der Waals surface area contributed by atoms with E-state index in [1.54, 1.807) is 0 Å². The highest BCUT2D eigenvalue weighted by Crippen LogP contribution is 2.40. The van der Waals surface area contributed by atoms with Crippen molar-refractivity contribution < 1.29 is 5.11 Å². The van der Waals surface area contributed by atoms with Crippen molar-refractivity contribution in [1.29, 1.82) is 0 Å². The molecule has 2 unspecified atom stereocenters. The third-order valence-corrected chi connectivity index (χ3v) is 8.17. The Balaban J connectivity index is 0.000000210. The van der Waals surface area contributed by atoms with Crippen LogP contribution in [0.15, 0.2) is 49.1 Å². The Hall–Kier alpha value is -1.34. The first-order chi connectivity index (χ1) is 15.0. The van der Waals surface area contributed by atoms with Gasteiger partial charge in [0.05, 0.1) is 6.10 Å². The topological polar surface area (TPSA) is 20.2 Å². The quantitative estimate of drug-likeness (QED) is 0.472. The number of hydrogen-bond donors (Lipinski definition) is 1. The first-order valence-electron chi connectivity index (χ1n) is 13.1. The van der Waals surface area contributed by atoms with Crippen molar-refractivity contribution >= 4 is 0 Å². The molecule has 172 valence electrons. The Kier molecular flexibility index (Phi) is 9.91. The van der Waals surface area contributed by atoms with E-state index in [0.717, 1.165) is 42.9 Å². The first kappa shape index (κ1) is 24.3. The lowest BCUT2D eigenvalue weighted by Gasteiger charge is -2.34. The molecular formula is C30H46O. The third-order valence-electron chi connectivity index (χ3n) is 8.17. The van der Waals surface area contributed by atoms with Gasteiger partial charge < -0.3 is 5.11 Å². The van der Waals surface area contributed by atoms with E-state index < -0.39 is 0 Å². The molecule has 4 rings (SSSR count). The third kappa shape index (κ3) is 7.94. The molecule has 3 aliphatic carbocycles. The van der Waals surface area contributed by atoms with Gasteiger partial charge in [-0.25, -0.2) is 0 Å². The molecule has 2 fully saturated rings. The van der Waals surface area contributed by atoms with E-state index >= 15 is 0 Å². The molecule has 1 aromatic rings. The molecule has 3 aliphatic rings. The zero-order chi connectivity index (χ0) is 22.1. The largest absolute Gasteiger partial charge is 0.393 e. The van der Waals surface area contributed by atoms with Gasteiger partial charge in [0.1, 0.15) is 0 Å². The van der Waals surface area contributed by atoms with Gasteiger partial charge in [0.25, 0.3) is 0 Å². The van der Waals surface area contributed by atoms with E-state index in [1.807, 2.05) is 6.08 Å². The number of aryl methyl sites for hydroxylation is 1. The fourth-order valence-electron chi connectivity index (χ4n) is 5.83. The SMILES string of the molecule is C=CCCC1CCC(O)CC1.Cc1ccc(C2C=CC(C3CCC(C)CC3)CC2)cc1. The minimum absolute atomic E-state index is 0.00465. The van der Waals surface area contributed by atoms with Crippen molar-refractivity contribution in [3.63, 3.8) is 0 Å². The van der Waals surface area contributed by atoms with Crippen molar-refractivity contribution in [2.45, 2.75) is 103 Å². The van der Waals surface area contributed by atoms with Crippen molar-refractivity contribution in [2.75, 3.05) is 0 Å². The Morgan fingerprint density at radius 2 is 1.55 bits per heavy atom. The van der Waals surface area contributed by atoms with Crippen LogP contribution in [0.25, 0.3) is 0 Å². The maximum absolute atomic E-state index is 9.23. The highest BCUT2D eigenvalue weighted by Gasteiger charge is 2.27. The molecule has 1 nitrogen and oxygen atoms in total. The van der Waals surface area contributed by atoms with Crippen LogP contribution in [0, 0.1) is 30.6 Å². The van der Waals surface area contributed by atoms with Crippen LogP contribution in [-0.4, -0.2) is 11.2 Å². The molecule has 0 radical (unpaired) electrons. The average Bonchev–Trinajstić information content (AvgIpc) is 2.80. The Bertz CT molecular complexity index is 656. The minimum atomic E-state index is -0.00465. The van der Waals surface area contributed by atoms with Crippen LogP contribution in [0.2, 0.25) is 0 Å². The van der Waals surface area contributed by atoms with Gasteiger partial charge in [0, 0.05) is 5.92 Å². The summed E-state index contributed by atoms with van der Waals surface area (Å²) in [5, 5.41) is 9.23. The molecule has 1 N–H and O–H groups in total. The van der Waals surface area contributed by atoms with Crippen LogP contribution < -0.4 is 0 Å². The van der Waals surface area contributed by atoms with Crippen LogP contribution in [0.1, 0.15) is 101 Å². The van der Waals surface area contributed by atoms with Crippen LogP contribution >= 0.6 is 0 Å². The molecule has 2 saturated carbocycles. The highest BCUT2D eigenvalue weighted by molar-refractivity contribution is 5.28. The van der Waals surface area contributed by atoms with Crippen LogP contribution in [0.3, 0.4) is 0 Å². The van der Waals surface area contributed by atoms with E-state index in [1.165, 1.54) is 68.9 Å². The molecule has 2 atom stereocenters. The maximum Gasteiger partial charge on any atom is 0.0540 e. The van der Waals surface area contributed by atoms with E-state index in [2.05, 4.69) is 56.8 Å². The second kappa shape index (κ2) is 12.6. The van der Waals surface area contributed by atoms with Crippen molar-refractivity contribution in [2.24, 2.45) is 23.7 Å². The summed E-state index contributed by atoms with van der Waals surface area (Å²) in [6.45, 7) is 8.29. The van der Waals surface area contributed by atoms with Gasteiger partial charge in [-0.3, -0.25) is 0 Å². The molecule has 0 spiro atoms. The summed E-state index contributed by atoms with van der Waals surface area (Å²) in [4.78, 5) is 0. The predicted octanol–water partition coefficient (Wildman–Crippen LogP) is 8.37. The molecule has 0 amide bonds. The molecule has 0 aliphatic heterocycles. The van der Waals surface area contributed by atoms with Gasteiger partial charge in [-0.15, -0.1) is 6.58 Å². The summed E-state index contributed by atoms with van der Waals surface area (Å²) in [6, 6.07) is 9.12. The van der Waals surface area contributed by atoms with Gasteiger partial charge in [0.2, 0.25) is 0 Å². The highest BCUT2D eigenvalue weighted by atomic mass is 16.3. The Morgan fingerprint density at radius 3 is 2.13 bits per heavy atom. The molecule has 1 heteroatoms. The van der Waals surface area contributed by atoms with E-state index in [0.29, 0.717) is 5.92 Å². The van der Waals surface area contributed by atoms with Crippen LogP contribution in [-0.2, 0) is 0 Å². The van der Waals surface area contributed by atoms with E-state index in [-0.39, 0.29) is 6.10 Å². The maximum atomic E-state index is 9.23. The molecular weight excluding hydrogens is 376 g/mol. The van der Waals surface area contributed by atoms with Gasteiger partial charge in [0.15, 0.2) is 0 Å². The average molecular weight is 423 g/mol. The van der Waals surface area contributed by atoms with Crippen LogP contribution in [0.5, 0.6) is 0 Å². The number of allylic oxidation sites excluding steroid dienone is 3. The van der Waals surface area contributed by atoms with Gasteiger partial charge >= 0.3 is 0 Å². The summed E-state index contributed by atoms with van der Waals surface area (Å²) < 4.78 is 0.